The topological polar surface area (TPSA) is 41.5 Å². The highest BCUT2D eigenvalue weighted by atomic mass is 16.1. The molecular formula is C21H18N2O. The number of fused-ring (bicyclic) bond motifs is 1. The maximum absolute atomic E-state index is 12.5. The summed E-state index contributed by atoms with van der Waals surface area (Å²) in [5, 5.41) is 3.42. The summed E-state index contributed by atoms with van der Waals surface area (Å²) in [5.41, 5.74) is 4.68. The van der Waals surface area contributed by atoms with Crippen LogP contribution in [0.4, 0.5) is 11.4 Å². The summed E-state index contributed by atoms with van der Waals surface area (Å²) in [7, 11) is 0. The van der Waals surface area contributed by atoms with E-state index in [1.165, 1.54) is 0 Å². The first-order valence-electron chi connectivity index (χ1n) is 8.19. The van der Waals surface area contributed by atoms with Gasteiger partial charge in [-0.1, -0.05) is 54.6 Å². The van der Waals surface area contributed by atoms with Gasteiger partial charge in [0.1, 0.15) is 0 Å². The summed E-state index contributed by atoms with van der Waals surface area (Å²) in [5.74, 6) is 0.366. The van der Waals surface area contributed by atoms with Crippen LogP contribution in [0.5, 0.6) is 0 Å². The van der Waals surface area contributed by atoms with Crippen molar-refractivity contribution in [3.05, 3.63) is 77.5 Å². The number of aliphatic imine (C=N–C) groups is 1. The van der Waals surface area contributed by atoms with Crippen LogP contribution in [-0.2, 0) is 4.79 Å². The van der Waals surface area contributed by atoms with Gasteiger partial charge in [-0.3, -0.25) is 9.79 Å². The number of anilines is 1. The van der Waals surface area contributed by atoms with Gasteiger partial charge in [-0.15, -0.1) is 0 Å². The zero-order chi connectivity index (χ0) is 16.4. The molecule has 2 aromatic carbocycles. The maximum Gasteiger partial charge on any atom is 0.166 e. The molecule has 24 heavy (non-hydrogen) atoms. The number of hydrogen-bond acceptors (Lipinski definition) is 3. The molecule has 0 saturated heterocycles. The van der Waals surface area contributed by atoms with Gasteiger partial charge in [0, 0.05) is 18.3 Å². The third kappa shape index (κ3) is 2.93. The zero-order valence-corrected chi connectivity index (χ0v) is 13.3. The van der Waals surface area contributed by atoms with Gasteiger partial charge >= 0.3 is 0 Å². The van der Waals surface area contributed by atoms with E-state index in [-0.39, 0.29) is 11.7 Å². The average molecular weight is 314 g/mol. The summed E-state index contributed by atoms with van der Waals surface area (Å²) in [6, 6.07) is 18.1. The first-order chi connectivity index (χ1) is 11.8. The van der Waals surface area contributed by atoms with Crippen LogP contribution in [0.15, 0.2) is 76.9 Å². The fourth-order valence-electron chi connectivity index (χ4n) is 3.16. The number of rotatable bonds is 2. The van der Waals surface area contributed by atoms with Crippen molar-refractivity contribution in [1.82, 2.24) is 0 Å². The Kier molecular flexibility index (Phi) is 3.83. The summed E-state index contributed by atoms with van der Waals surface area (Å²) in [6.07, 6.45) is 7.32. The Bertz CT molecular complexity index is 862. The van der Waals surface area contributed by atoms with E-state index < -0.39 is 0 Å². The number of hydrogen-bond donors (Lipinski definition) is 1. The standard InChI is InChI=1S/C21H18N2O/c24-21-13-16(11-10-15-6-2-1-3-7-15)12-20-17(21)14-22-18-8-4-5-9-19(18)23-20/h1-11,14,16,23H,12-13H2. The Morgan fingerprint density at radius 1 is 1.00 bits per heavy atom. The second-order valence-corrected chi connectivity index (χ2v) is 6.15. The molecule has 1 atom stereocenters. The monoisotopic (exact) mass is 314 g/mol. The van der Waals surface area contributed by atoms with Crippen molar-refractivity contribution in [2.45, 2.75) is 12.8 Å². The molecule has 3 nitrogen and oxygen atoms in total. The second kappa shape index (κ2) is 6.28. The molecule has 0 amide bonds. The smallest absolute Gasteiger partial charge is 0.166 e. The Hall–Kier alpha value is -2.94. The predicted molar refractivity (Wildman–Crippen MR) is 98.4 cm³/mol. The largest absolute Gasteiger partial charge is 0.356 e. The third-order valence-corrected chi connectivity index (χ3v) is 4.42. The van der Waals surface area contributed by atoms with Gasteiger partial charge in [0.25, 0.3) is 0 Å². The van der Waals surface area contributed by atoms with Gasteiger partial charge in [0.2, 0.25) is 0 Å². The van der Waals surface area contributed by atoms with Gasteiger partial charge in [-0.25, -0.2) is 0 Å². The summed E-state index contributed by atoms with van der Waals surface area (Å²) < 4.78 is 0. The molecule has 1 aliphatic heterocycles. The molecule has 0 spiro atoms. The van der Waals surface area contributed by atoms with Gasteiger partial charge in [0.15, 0.2) is 5.78 Å². The Balaban J connectivity index is 1.59. The van der Waals surface area contributed by atoms with Crippen LogP contribution in [0.25, 0.3) is 6.08 Å². The van der Waals surface area contributed by atoms with Crippen molar-refractivity contribution in [2.75, 3.05) is 5.32 Å². The number of ketones is 1. The first kappa shape index (κ1) is 14.6. The van der Waals surface area contributed by atoms with Crippen molar-refractivity contribution in [3.63, 3.8) is 0 Å². The summed E-state index contributed by atoms with van der Waals surface area (Å²) >= 11 is 0. The lowest BCUT2D eigenvalue weighted by molar-refractivity contribution is -0.116. The highest BCUT2D eigenvalue weighted by Crippen LogP contribution is 2.34. The van der Waals surface area contributed by atoms with E-state index in [0.29, 0.717) is 6.42 Å². The summed E-state index contributed by atoms with van der Waals surface area (Å²) in [6.45, 7) is 0. The number of nitrogens with zero attached hydrogens (tertiary/aromatic N) is 1. The highest BCUT2D eigenvalue weighted by Gasteiger charge is 2.27. The van der Waals surface area contributed by atoms with Crippen LogP contribution in [0.3, 0.4) is 0 Å². The number of para-hydroxylation sites is 2. The van der Waals surface area contributed by atoms with E-state index in [9.17, 15) is 4.79 Å². The molecule has 0 radical (unpaired) electrons. The molecule has 2 aromatic rings. The van der Waals surface area contributed by atoms with Gasteiger partial charge in [0.05, 0.1) is 16.9 Å². The Labute approximate surface area is 141 Å². The molecule has 1 N–H and O–H groups in total. The minimum Gasteiger partial charge on any atom is -0.356 e. The molecular weight excluding hydrogens is 296 g/mol. The number of benzene rings is 2. The number of allylic oxidation sites excluding steroid dienone is 3. The van der Waals surface area contributed by atoms with Crippen molar-refractivity contribution in [2.24, 2.45) is 10.9 Å². The number of carbonyl (C=O) groups is 1. The van der Waals surface area contributed by atoms with Crippen LogP contribution in [-0.4, -0.2) is 12.0 Å². The normalized spacial score (nSPS) is 19.7. The van der Waals surface area contributed by atoms with Gasteiger partial charge < -0.3 is 5.32 Å². The zero-order valence-electron chi connectivity index (χ0n) is 13.3. The SMILES string of the molecule is O=C1CC(C=Cc2ccccc2)CC2=C1C=Nc1ccccc1N2. The molecule has 1 heterocycles. The van der Waals surface area contributed by atoms with Crippen molar-refractivity contribution in [1.29, 1.82) is 0 Å². The lowest BCUT2D eigenvalue weighted by atomic mass is 9.86. The van der Waals surface area contributed by atoms with E-state index in [1.807, 2.05) is 42.5 Å². The molecule has 0 saturated carbocycles. The number of nitrogens with one attached hydrogen (secondary N) is 1. The molecule has 118 valence electrons. The maximum atomic E-state index is 12.5. The molecule has 1 aliphatic carbocycles. The fraction of sp³-hybridized carbons (Fsp3) is 0.143. The first-order valence-corrected chi connectivity index (χ1v) is 8.19. The molecule has 4 rings (SSSR count). The summed E-state index contributed by atoms with van der Waals surface area (Å²) in [4.78, 5) is 17.0. The predicted octanol–water partition coefficient (Wildman–Crippen LogP) is 4.76. The highest BCUT2D eigenvalue weighted by molar-refractivity contribution is 6.16. The van der Waals surface area contributed by atoms with Crippen LogP contribution < -0.4 is 5.32 Å². The van der Waals surface area contributed by atoms with E-state index in [1.54, 1.807) is 6.21 Å². The van der Waals surface area contributed by atoms with Crippen molar-refractivity contribution < 1.29 is 4.79 Å². The molecule has 3 heteroatoms. The number of carbonyl (C=O) groups excluding carboxylic acids is 1. The molecule has 0 fully saturated rings. The molecule has 0 aromatic heterocycles. The minimum absolute atomic E-state index is 0.156. The van der Waals surface area contributed by atoms with Crippen LogP contribution >= 0.6 is 0 Å². The fourth-order valence-corrected chi connectivity index (χ4v) is 3.16. The van der Waals surface area contributed by atoms with E-state index in [0.717, 1.165) is 34.6 Å². The lowest BCUT2D eigenvalue weighted by Gasteiger charge is -2.23. The van der Waals surface area contributed by atoms with Crippen LogP contribution in [0.1, 0.15) is 18.4 Å². The van der Waals surface area contributed by atoms with E-state index in [2.05, 4.69) is 34.6 Å². The lowest BCUT2D eigenvalue weighted by Crippen LogP contribution is -2.22. The third-order valence-electron chi connectivity index (χ3n) is 4.42. The molecule has 2 aliphatic rings. The van der Waals surface area contributed by atoms with E-state index in [4.69, 9.17) is 0 Å². The minimum atomic E-state index is 0.156. The van der Waals surface area contributed by atoms with Gasteiger partial charge in [-0.2, -0.15) is 0 Å². The Morgan fingerprint density at radius 2 is 1.79 bits per heavy atom. The quantitative estimate of drug-likeness (QED) is 0.868. The van der Waals surface area contributed by atoms with Crippen LogP contribution in [0, 0.1) is 5.92 Å². The van der Waals surface area contributed by atoms with E-state index >= 15 is 0 Å². The Morgan fingerprint density at radius 3 is 2.67 bits per heavy atom. The van der Waals surface area contributed by atoms with Crippen molar-refractivity contribution in [3.8, 4) is 0 Å². The second-order valence-electron chi connectivity index (χ2n) is 6.15. The average Bonchev–Trinajstić information content (AvgIpc) is 2.80. The number of Topliss-reactive ketones (excluding diaryl/α,β-unsaturated/α-hetero) is 1. The van der Waals surface area contributed by atoms with Gasteiger partial charge in [-0.05, 0) is 30.0 Å². The molecule has 1 unspecified atom stereocenters. The van der Waals surface area contributed by atoms with Crippen LogP contribution in [0.2, 0.25) is 0 Å². The molecule has 0 bridgehead atoms. The van der Waals surface area contributed by atoms with Crippen molar-refractivity contribution >= 4 is 29.4 Å².